The summed E-state index contributed by atoms with van der Waals surface area (Å²) in [5, 5.41) is 49.4. The van der Waals surface area contributed by atoms with Crippen LogP contribution in [0.15, 0.2) is 53.1 Å². The molecule has 4 rings (SSSR count). The molecule has 1 aliphatic rings. The molecular formula is C32H9F10N5. The Labute approximate surface area is 257 Å². The van der Waals surface area contributed by atoms with Gasteiger partial charge in [0, 0.05) is 27.8 Å². The summed E-state index contributed by atoms with van der Waals surface area (Å²) in [5.41, 5.74) is -12.2. The minimum absolute atomic E-state index is 0.187. The zero-order valence-corrected chi connectivity index (χ0v) is 23.0. The molecule has 0 unspecified atom stereocenters. The number of aryl methyl sites for hydroxylation is 1. The molecule has 0 aliphatic heterocycles. The van der Waals surface area contributed by atoms with Crippen LogP contribution >= 0.6 is 0 Å². The van der Waals surface area contributed by atoms with Gasteiger partial charge in [0.1, 0.15) is 23.8 Å². The van der Waals surface area contributed by atoms with E-state index < -0.39 is 96.9 Å². The van der Waals surface area contributed by atoms with Gasteiger partial charge in [0.15, 0.2) is 23.3 Å². The average Bonchev–Trinajstić information content (AvgIpc) is 3.72. The summed E-state index contributed by atoms with van der Waals surface area (Å²) in [4.78, 5) is 0. The number of nitriles is 5. The molecular weight excluding hydrogens is 644 g/mol. The fraction of sp³-hybridized carbons (Fsp3) is 0.0938. The average molecular weight is 653 g/mol. The van der Waals surface area contributed by atoms with Crippen LogP contribution in [0.2, 0.25) is 0 Å². The number of hydrogen-bond acceptors (Lipinski definition) is 5. The SMILES string of the molecule is Cc1ccc(C(C#N)=C2C(=C(C#N)c3ccc(C(F)(F)F)cc3C#N)C2=C(C#N)c2c(F)c(F)c(C(F)(F)F)c(F)c2F)c(C#N)c1. The lowest BCUT2D eigenvalue weighted by atomic mass is 9.96. The quantitative estimate of drug-likeness (QED) is 0.159. The van der Waals surface area contributed by atoms with Crippen molar-refractivity contribution in [3.63, 3.8) is 0 Å². The molecule has 232 valence electrons. The minimum Gasteiger partial charge on any atom is -0.203 e. The van der Waals surface area contributed by atoms with Crippen molar-refractivity contribution in [3.05, 3.63) is 121 Å². The fourth-order valence-electron chi connectivity index (χ4n) is 4.78. The molecule has 5 nitrogen and oxygen atoms in total. The summed E-state index contributed by atoms with van der Waals surface area (Å²) in [6.07, 6.45) is -10.9. The van der Waals surface area contributed by atoms with Gasteiger partial charge in [-0.05, 0) is 30.7 Å². The number of nitrogens with zero attached hydrogens (tertiary/aromatic N) is 5. The number of hydrogen-bond donors (Lipinski definition) is 0. The highest BCUT2D eigenvalue weighted by Crippen LogP contribution is 2.57. The molecule has 0 bridgehead atoms. The van der Waals surface area contributed by atoms with Crippen LogP contribution in [0.1, 0.15) is 44.5 Å². The molecule has 1 aliphatic carbocycles. The molecule has 1 fully saturated rings. The number of alkyl halides is 6. The van der Waals surface area contributed by atoms with E-state index in [1.165, 1.54) is 30.3 Å². The van der Waals surface area contributed by atoms with E-state index in [0.29, 0.717) is 23.8 Å². The van der Waals surface area contributed by atoms with Gasteiger partial charge in [0.2, 0.25) is 0 Å². The normalized spacial score (nSPS) is 15.8. The highest BCUT2D eigenvalue weighted by Gasteiger charge is 2.46. The highest BCUT2D eigenvalue weighted by atomic mass is 19.4. The summed E-state index contributed by atoms with van der Waals surface area (Å²) in [5.74, 6) is -11.2. The van der Waals surface area contributed by atoms with Gasteiger partial charge in [-0.25, -0.2) is 17.6 Å². The molecule has 15 heteroatoms. The summed E-state index contributed by atoms with van der Waals surface area (Å²) in [7, 11) is 0. The lowest BCUT2D eigenvalue weighted by molar-refractivity contribution is -0.143. The number of allylic oxidation sites excluding steroid dienone is 6. The van der Waals surface area contributed by atoms with Crippen LogP contribution in [0, 0.1) is 86.8 Å². The topological polar surface area (TPSA) is 119 Å². The third-order valence-electron chi connectivity index (χ3n) is 6.87. The van der Waals surface area contributed by atoms with Gasteiger partial charge in [-0.2, -0.15) is 52.7 Å². The van der Waals surface area contributed by atoms with Crippen molar-refractivity contribution in [1.82, 2.24) is 0 Å². The highest BCUT2D eigenvalue weighted by molar-refractivity contribution is 6.12. The monoisotopic (exact) mass is 653 g/mol. The first kappa shape index (κ1) is 33.5. The van der Waals surface area contributed by atoms with Crippen molar-refractivity contribution in [2.75, 3.05) is 0 Å². The first-order chi connectivity index (χ1) is 22.0. The maximum atomic E-state index is 15.1. The molecule has 0 heterocycles. The van der Waals surface area contributed by atoms with E-state index in [9.17, 15) is 61.4 Å². The number of halogens is 10. The number of benzene rings is 3. The van der Waals surface area contributed by atoms with Gasteiger partial charge in [-0.15, -0.1) is 0 Å². The van der Waals surface area contributed by atoms with E-state index in [0.717, 1.165) is 0 Å². The van der Waals surface area contributed by atoms with Gasteiger partial charge in [0.25, 0.3) is 0 Å². The first-order valence-corrected chi connectivity index (χ1v) is 12.5. The van der Waals surface area contributed by atoms with Crippen molar-refractivity contribution >= 4 is 16.7 Å². The Kier molecular flexibility index (Phi) is 8.46. The lowest BCUT2D eigenvalue weighted by Gasteiger charge is -2.13. The van der Waals surface area contributed by atoms with Gasteiger partial charge in [0.05, 0.1) is 51.1 Å². The van der Waals surface area contributed by atoms with Crippen molar-refractivity contribution in [2.24, 2.45) is 0 Å². The fourth-order valence-corrected chi connectivity index (χ4v) is 4.78. The molecule has 0 amide bonds. The summed E-state index contributed by atoms with van der Waals surface area (Å²) < 4.78 is 139. The van der Waals surface area contributed by atoms with E-state index in [1.54, 1.807) is 25.1 Å². The maximum Gasteiger partial charge on any atom is 0.422 e. The second-order valence-electron chi connectivity index (χ2n) is 9.62. The predicted octanol–water partition coefficient (Wildman–Crippen LogP) is 8.58. The summed E-state index contributed by atoms with van der Waals surface area (Å²) >= 11 is 0. The van der Waals surface area contributed by atoms with E-state index >= 15 is 8.78 Å². The molecule has 3 aromatic carbocycles. The van der Waals surface area contributed by atoms with Crippen LogP contribution < -0.4 is 0 Å². The second-order valence-corrected chi connectivity index (χ2v) is 9.62. The van der Waals surface area contributed by atoms with Crippen LogP contribution in [0.5, 0.6) is 0 Å². The Bertz CT molecular complexity index is 2190. The Morgan fingerprint density at radius 1 is 0.553 bits per heavy atom. The third kappa shape index (κ3) is 5.65. The molecule has 3 aromatic rings. The zero-order valence-electron chi connectivity index (χ0n) is 23.0. The second kappa shape index (κ2) is 11.9. The molecule has 0 radical (unpaired) electrons. The largest absolute Gasteiger partial charge is 0.422 e. The van der Waals surface area contributed by atoms with Crippen molar-refractivity contribution in [1.29, 1.82) is 26.3 Å². The minimum atomic E-state index is -5.93. The Balaban J connectivity index is 2.25. The smallest absolute Gasteiger partial charge is 0.203 e. The van der Waals surface area contributed by atoms with E-state index in [4.69, 9.17) is 0 Å². The first-order valence-electron chi connectivity index (χ1n) is 12.5. The predicted molar refractivity (Wildman–Crippen MR) is 141 cm³/mol. The van der Waals surface area contributed by atoms with Gasteiger partial charge < -0.3 is 0 Å². The lowest BCUT2D eigenvalue weighted by Crippen LogP contribution is -2.17. The maximum absolute atomic E-state index is 15.1. The standard InChI is InChI=1S/C32H9F10N5/c1-13-2-4-17(14(6-13)8-43)19(10-45)22-23(20(11-46)18-5-3-16(31(37,38)39)7-15(18)9-44)24(22)21(12-47)25-27(33)29(35)26(32(40,41)42)30(36)28(25)34/h2-7H,1H3. The van der Waals surface area contributed by atoms with Gasteiger partial charge in [-0.3, -0.25) is 0 Å². The van der Waals surface area contributed by atoms with Crippen molar-refractivity contribution < 1.29 is 43.9 Å². The van der Waals surface area contributed by atoms with Crippen LogP contribution in [-0.2, 0) is 12.4 Å². The molecule has 0 spiro atoms. The molecule has 0 N–H and O–H groups in total. The molecule has 0 aromatic heterocycles. The Morgan fingerprint density at radius 3 is 1.38 bits per heavy atom. The summed E-state index contributed by atoms with van der Waals surface area (Å²) in [6, 6.07) is 13.1. The van der Waals surface area contributed by atoms with Crippen LogP contribution in [0.4, 0.5) is 43.9 Å². The zero-order chi connectivity index (χ0) is 35.2. The van der Waals surface area contributed by atoms with Gasteiger partial charge >= 0.3 is 12.4 Å². The van der Waals surface area contributed by atoms with Crippen molar-refractivity contribution in [2.45, 2.75) is 19.3 Å². The van der Waals surface area contributed by atoms with Gasteiger partial charge in [-0.1, -0.05) is 18.2 Å². The Hall–Kier alpha value is -6.37. The van der Waals surface area contributed by atoms with E-state index in [1.807, 2.05) is 0 Å². The van der Waals surface area contributed by atoms with Crippen molar-refractivity contribution in [3.8, 4) is 30.3 Å². The van der Waals surface area contributed by atoms with E-state index in [2.05, 4.69) is 0 Å². The third-order valence-corrected chi connectivity index (χ3v) is 6.87. The molecule has 0 saturated heterocycles. The summed E-state index contributed by atoms with van der Waals surface area (Å²) in [6.45, 7) is 1.56. The molecule has 1 saturated carbocycles. The number of rotatable bonds is 3. The molecule has 47 heavy (non-hydrogen) atoms. The molecule has 0 atom stereocenters. The van der Waals surface area contributed by atoms with Crippen LogP contribution in [0.25, 0.3) is 16.7 Å². The van der Waals surface area contributed by atoms with Crippen LogP contribution in [0.3, 0.4) is 0 Å². The van der Waals surface area contributed by atoms with Crippen LogP contribution in [-0.4, -0.2) is 0 Å². The Morgan fingerprint density at radius 2 is 0.979 bits per heavy atom. The van der Waals surface area contributed by atoms with E-state index in [-0.39, 0.29) is 11.1 Å².